The standard InChI is InChI=1S/C56H37N5S/c1-3-15-36(16-4-1)49-35-50(61-55(60-49)37-17-5-2-6-18-37)39-26-28-42-41-27-25-38(40-33-51(47-21-11-13-29-57-47)59-52(34-40)48-22-12-14-30-58-48)31-45(41)56(46(42)32-39)43-19-7-9-23-53(43)62-54-24-10-8-20-44(54)56/h1-35,51,59H. The van der Waals surface area contributed by atoms with Gasteiger partial charge in [0.15, 0.2) is 5.82 Å². The van der Waals surface area contributed by atoms with Gasteiger partial charge in [0, 0.05) is 38.9 Å². The summed E-state index contributed by atoms with van der Waals surface area (Å²) in [7, 11) is 0. The van der Waals surface area contributed by atoms with Gasteiger partial charge < -0.3 is 5.32 Å². The minimum absolute atomic E-state index is 0.142. The summed E-state index contributed by atoms with van der Waals surface area (Å²) < 4.78 is 0. The third kappa shape index (κ3) is 5.94. The Labute approximate surface area is 364 Å². The summed E-state index contributed by atoms with van der Waals surface area (Å²) in [5.74, 6) is 0.701. The predicted octanol–water partition coefficient (Wildman–Crippen LogP) is 12.9. The molecule has 0 bridgehead atoms. The molecule has 0 amide bonds. The summed E-state index contributed by atoms with van der Waals surface area (Å²) in [6.45, 7) is 0. The molecule has 1 unspecified atom stereocenters. The first-order valence-corrected chi connectivity index (χ1v) is 21.7. The zero-order chi connectivity index (χ0) is 41.0. The Morgan fingerprint density at radius 3 is 1.69 bits per heavy atom. The highest BCUT2D eigenvalue weighted by Gasteiger charge is 2.50. The Kier molecular flexibility index (Phi) is 8.64. The molecule has 2 aliphatic heterocycles. The van der Waals surface area contributed by atoms with Gasteiger partial charge in [0.05, 0.1) is 39.9 Å². The molecule has 3 aliphatic rings. The summed E-state index contributed by atoms with van der Waals surface area (Å²) in [5.41, 5.74) is 16.8. The first kappa shape index (κ1) is 36.2. The minimum atomic E-state index is -0.603. The highest BCUT2D eigenvalue weighted by Crippen LogP contribution is 2.63. The second-order valence-electron chi connectivity index (χ2n) is 15.8. The molecule has 0 saturated carbocycles. The van der Waals surface area contributed by atoms with E-state index in [-0.39, 0.29) is 6.04 Å². The van der Waals surface area contributed by atoms with Crippen LogP contribution >= 0.6 is 11.8 Å². The molecule has 1 aliphatic carbocycles. The smallest absolute Gasteiger partial charge is 0.160 e. The Morgan fingerprint density at radius 2 is 1.03 bits per heavy atom. The van der Waals surface area contributed by atoms with Crippen LogP contribution in [0.2, 0.25) is 0 Å². The normalized spacial score (nSPS) is 15.3. The Hall–Kier alpha value is -7.67. The number of benzene rings is 6. The van der Waals surface area contributed by atoms with Crippen LogP contribution < -0.4 is 5.32 Å². The van der Waals surface area contributed by atoms with Crippen molar-refractivity contribution in [2.45, 2.75) is 21.2 Å². The minimum Gasteiger partial charge on any atom is -0.371 e. The number of nitrogens with one attached hydrogen (secondary N) is 1. The zero-order valence-electron chi connectivity index (χ0n) is 33.5. The van der Waals surface area contributed by atoms with Gasteiger partial charge in [-0.05, 0) is 111 Å². The van der Waals surface area contributed by atoms with Crippen molar-refractivity contribution in [2.75, 3.05) is 0 Å². The van der Waals surface area contributed by atoms with Crippen LogP contribution in [0.25, 0.3) is 56.3 Å². The molecule has 1 N–H and O–H groups in total. The number of rotatable bonds is 6. The largest absolute Gasteiger partial charge is 0.371 e. The van der Waals surface area contributed by atoms with E-state index < -0.39 is 5.41 Å². The number of allylic oxidation sites excluding steroid dienone is 2. The average Bonchev–Trinajstić information content (AvgIpc) is 3.64. The van der Waals surface area contributed by atoms with Gasteiger partial charge in [-0.2, -0.15) is 0 Å². The monoisotopic (exact) mass is 811 g/mol. The number of hydrogen-bond acceptors (Lipinski definition) is 6. The van der Waals surface area contributed by atoms with E-state index in [1.807, 2.05) is 72.7 Å². The molecule has 0 radical (unpaired) electrons. The molecule has 9 aromatic rings. The maximum absolute atomic E-state index is 5.29. The maximum Gasteiger partial charge on any atom is 0.160 e. The van der Waals surface area contributed by atoms with Crippen LogP contribution in [0, 0.1) is 0 Å². The molecule has 1 spiro atoms. The van der Waals surface area contributed by atoms with E-state index in [0.29, 0.717) is 5.82 Å². The molecule has 0 saturated heterocycles. The van der Waals surface area contributed by atoms with Crippen LogP contribution in [-0.4, -0.2) is 19.9 Å². The maximum atomic E-state index is 5.29. The molecule has 5 nitrogen and oxygen atoms in total. The van der Waals surface area contributed by atoms with Gasteiger partial charge in [-0.3, -0.25) is 9.97 Å². The fraction of sp³-hybridized carbons (Fsp3) is 0.0357. The van der Waals surface area contributed by atoms with Gasteiger partial charge in [-0.25, -0.2) is 9.97 Å². The number of fused-ring (bicyclic) bond motifs is 9. The highest BCUT2D eigenvalue weighted by atomic mass is 32.2. The molecule has 5 heterocycles. The predicted molar refractivity (Wildman–Crippen MR) is 250 cm³/mol. The summed E-state index contributed by atoms with van der Waals surface area (Å²) in [6.07, 6.45) is 8.24. The Morgan fingerprint density at radius 1 is 0.452 bits per heavy atom. The van der Waals surface area contributed by atoms with Gasteiger partial charge >= 0.3 is 0 Å². The van der Waals surface area contributed by atoms with Crippen molar-refractivity contribution in [3.05, 3.63) is 252 Å². The lowest BCUT2D eigenvalue weighted by Gasteiger charge is -2.40. The molecule has 6 aromatic carbocycles. The zero-order valence-corrected chi connectivity index (χ0v) is 34.3. The number of dihydropyridines is 1. The lowest BCUT2D eigenvalue weighted by Crippen LogP contribution is -2.32. The second-order valence-corrected chi connectivity index (χ2v) is 16.9. The molecule has 62 heavy (non-hydrogen) atoms. The van der Waals surface area contributed by atoms with E-state index >= 15 is 0 Å². The van der Waals surface area contributed by atoms with Crippen molar-refractivity contribution in [2.24, 2.45) is 0 Å². The van der Waals surface area contributed by atoms with Crippen molar-refractivity contribution >= 4 is 23.0 Å². The SMILES string of the molecule is C1=C(c2ccc3c(c2)C2(c4ccccc4Sc4ccccc42)c2cc(-c4cc(-c5ccccc5)nc(-c5ccccc5)n4)ccc2-3)C=C(c2ccccn2)NC1c1ccccn1. The van der Waals surface area contributed by atoms with E-state index in [0.717, 1.165) is 56.3 Å². The van der Waals surface area contributed by atoms with Gasteiger partial charge in [0.1, 0.15) is 0 Å². The summed E-state index contributed by atoms with van der Waals surface area (Å²) in [5, 5.41) is 3.73. The van der Waals surface area contributed by atoms with Crippen molar-refractivity contribution in [1.82, 2.24) is 25.3 Å². The van der Waals surface area contributed by atoms with Crippen LogP contribution in [-0.2, 0) is 5.41 Å². The second kappa shape index (κ2) is 14.8. The molecular weight excluding hydrogens is 775 g/mol. The first-order valence-electron chi connectivity index (χ1n) is 20.9. The Balaban J connectivity index is 1.09. The van der Waals surface area contributed by atoms with Crippen LogP contribution in [0.1, 0.15) is 45.2 Å². The van der Waals surface area contributed by atoms with Crippen LogP contribution in [0.4, 0.5) is 0 Å². The van der Waals surface area contributed by atoms with Gasteiger partial charge in [-0.15, -0.1) is 0 Å². The number of pyridine rings is 2. The van der Waals surface area contributed by atoms with Gasteiger partial charge in [0.2, 0.25) is 0 Å². The molecule has 292 valence electrons. The molecule has 6 heteroatoms. The lowest BCUT2D eigenvalue weighted by atomic mass is 9.67. The van der Waals surface area contributed by atoms with Crippen LogP contribution in [0.15, 0.2) is 222 Å². The fourth-order valence-corrected chi connectivity index (χ4v) is 10.7. The summed E-state index contributed by atoms with van der Waals surface area (Å²) in [4.78, 5) is 22.4. The van der Waals surface area contributed by atoms with Crippen LogP contribution in [0.5, 0.6) is 0 Å². The summed E-state index contributed by atoms with van der Waals surface area (Å²) in [6, 6.07) is 66.8. The number of aromatic nitrogens is 4. The van der Waals surface area contributed by atoms with E-state index in [1.54, 1.807) is 0 Å². The number of nitrogens with zero attached hydrogens (tertiary/aromatic N) is 4. The average molecular weight is 812 g/mol. The van der Waals surface area contributed by atoms with Crippen molar-refractivity contribution < 1.29 is 0 Å². The lowest BCUT2D eigenvalue weighted by molar-refractivity contribution is 0.722. The number of hydrogen-bond donors (Lipinski definition) is 1. The van der Waals surface area contributed by atoms with Crippen molar-refractivity contribution in [1.29, 1.82) is 0 Å². The molecule has 0 fully saturated rings. The van der Waals surface area contributed by atoms with Gasteiger partial charge in [0.25, 0.3) is 0 Å². The van der Waals surface area contributed by atoms with Crippen LogP contribution in [0.3, 0.4) is 0 Å². The van der Waals surface area contributed by atoms with Gasteiger partial charge in [-0.1, -0.05) is 145 Å². The molecule has 12 rings (SSSR count). The highest BCUT2D eigenvalue weighted by molar-refractivity contribution is 7.99. The molecule has 1 atom stereocenters. The first-order chi connectivity index (χ1) is 30.7. The third-order valence-corrected chi connectivity index (χ3v) is 13.5. The van der Waals surface area contributed by atoms with Crippen molar-refractivity contribution in [3.63, 3.8) is 0 Å². The quantitative estimate of drug-likeness (QED) is 0.180. The summed E-state index contributed by atoms with van der Waals surface area (Å²) >= 11 is 1.86. The third-order valence-electron chi connectivity index (χ3n) is 12.3. The topological polar surface area (TPSA) is 63.6 Å². The molecule has 3 aromatic heterocycles. The van der Waals surface area contributed by atoms with E-state index in [9.17, 15) is 0 Å². The van der Waals surface area contributed by atoms with E-state index in [2.05, 4.69) is 157 Å². The van der Waals surface area contributed by atoms with Crippen molar-refractivity contribution in [3.8, 4) is 45.0 Å². The fourth-order valence-electron chi connectivity index (χ4n) is 9.51. The molecular formula is C56H37N5S. The van der Waals surface area contributed by atoms with E-state index in [1.165, 1.54) is 43.2 Å². The van der Waals surface area contributed by atoms with E-state index in [4.69, 9.17) is 19.9 Å². The Bertz CT molecular complexity index is 3130.